The number of pyridine rings is 1. The van der Waals surface area contributed by atoms with Gasteiger partial charge in [-0.15, -0.1) is 0 Å². The number of carbonyl (C=O) groups excluding carboxylic acids is 1. The van der Waals surface area contributed by atoms with Crippen LogP contribution in [0.1, 0.15) is 22.5 Å². The summed E-state index contributed by atoms with van der Waals surface area (Å²) in [5.41, 5.74) is 0.363. The van der Waals surface area contributed by atoms with Gasteiger partial charge in [-0.2, -0.15) is 0 Å². The summed E-state index contributed by atoms with van der Waals surface area (Å²) in [6.07, 6.45) is 0.956. The second-order valence-electron chi connectivity index (χ2n) is 7.71. The van der Waals surface area contributed by atoms with Crippen LogP contribution in [0.25, 0.3) is 11.0 Å². The summed E-state index contributed by atoms with van der Waals surface area (Å²) in [5.74, 6) is -0.143. The lowest BCUT2D eigenvalue weighted by atomic mass is 10.1. The van der Waals surface area contributed by atoms with Gasteiger partial charge in [0, 0.05) is 59.4 Å². The van der Waals surface area contributed by atoms with Crippen LogP contribution in [0.3, 0.4) is 0 Å². The van der Waals surface area contributed by atoms with Gasteiger partial charge in [-0.1, -0.05) is 0 Å². The molecule has 9 heteroatoms. The fourth-order valence-corrected chi connectivity index (χ4v) is 4.28. The minimum atomic E-state index is -0.450. The quantitative estimate of drug-likeness (QED) is 0.716. The van der Waals surface area contributed by atoms with Crippen LogP contribution < -0.4 is 16.6 Å². The van der Waals surface area contributed by atoms with Gasteiger partial charge in [0.1, 0.15) is 11.3 Å². The van der Waals surface area contributed by atoms with Crippen LogP contribution in [0.2, 0.25) is 0 Å². The number of fused-ring (bicyclic) bond motifs is 1. The van der Waals surface area contributed by atoms with Crippen molar-refractivity contribution in [1.82, 2.24) is 29.2 Å². The molecule has 150 valence electrons. The molecular formula is C19H26N6O3. The number of nitrogens with zero attached hydrogens (tertiary/aromatic N) is 5. The molecule has 1 N–H and O–H groups in total. The normalized spacial score (nSPS) is 20.8. The first-order valence-electron chi connectivity index (χ1n) is 9.70. The fourth-order valence-electron chi connectivity index (χ4n) is 4.28. The number of piperazine rings is 1. The predicted molar refractivity (Wildman–Crippen MR) is 106 cm³/mol. The molecule has 2 saturated heterocycles. The van der Waals surface area contributed by atoms with Crippen molar-refractivity contribution in [2.75, 3.05) is 39.3 Å². The highest BCUT2D eigenvalue weighted by Gasteiger charge is 2.32. The summed E-state index contributed by atoms with van der Waals surface area (Å²) in [7, 11) is 3.02. The van der Waals surface area contributed by atoms with Gasteiger partial charge in [0.2, 0.25) is 0 Å². The number of carbonyl (C=O) groups is 1. The predicted octanol–water partition coefficient (Wildman–Crippen LogP) is -0.940. The molecule has 0 bridgehead atoms. The molecule has 0 aromatic carbocycles. The highest BCUT2D eigenvalue weighted by Crippen LogP contribution is 2.20. The number of nitrogens with one attached hydrogen (secondary N) is 1. The van der Waals surface area contributed by atoms with Gasteiger partial charge in [0.25, 0.3) is 11.5 Å². The molecule has 1 atom stereocenters. The molecule has 2 aliphatic heterocycles. The van der Waals surface area contributed by atoms with E-state index in [0.29, 0.717) is 30.1 Å². The largest absolute Gasteiger partial charge is 0.336 e. The van der Waals surface area contributed by atoms with E-state index in [0.717, 1.165) is 37.2 Å². The summed E-state index contributed by atoms with van der Waals surface area (Å²) in [6, 6.07) is 2.04. The molecule has 0 saturated carbocycles. The average molecular weight is 386 g/mol. The van der Waals surface area contributed by atoms with Crippen molar-refractivity contribution in [2.45, 2.75) is 19.4 Å². The van der Waals surface area contributed by atoms with Gasteiger partial charge in [-0.05, 0) is 25.0 Å². The first-order valence-corrected chi connectivity index (χ1v) is 9.70. The smallest absolute Gasteiger partial charge is 0.332 e. The molecule has 1 amide bonds. The van der Waals surface area contributed by atoms with E-state index in [1.807, 2.05) is 4.90 Å². The minimum Gasteiger partial charge on any atom is -0.336 e. The van der Waals surface area contributed by atoms with Gasteiger partial charge in [0.15, 0.2) is 0 Å². The second kappa shape index (κ2) is 7.14. The second-order valence-corrected chi connectivity index (χ2v) is 7.71. The maximum atomic E-state index is 13.1. The van der Waals surface area contributed by atoms with Crippen LogP contribution in [0.15, 0.2) is 15.7 Å². The van der Waals surface area contributed by atoms with Gasteiger partial charge >= 0.3 is 5.69 Å². The Hall–Kier alpha value is -2.52. The Morgan fingerprint density at radius 1 is 1.14 bits per heavy atom. The summed E-state index contributed by atoms with van der Waals surface area (Å²) in [5, 5.41) is 3.73. The average Bonchev–Trinajstić information content (AvgIpc) is 3.20. The summed E-state index contributed by atoms with van der Waals surface area (Å²) >= 11 is 0. The first-order chi connectivity index (χ1) is 13.4. The van der Waals surface area contributed by atoms with Crippen molar-refractivity contribution in [3.8, 4) is 0 Å². The van der Waals surface area contributed by atoms with E-state index in [4.69, 9.17) is 0 Å². The Morgan fingerprint density at radius 2 is 1.86 bits per heavy atom. The zero-order chi connectivity index (χ0) is 20.0. The van der Waals surface area contributed by atoms with Crippen LogP contribution in [0, 0.1) is 6.92 Å². The standard InChI is InChI=1S/C19H26N6O3/c1-12-10-14(21-16-15(12)18(27)23(3)19(28)22(16)2)17(26)25-7-4-13(11-25)24-8-5-20-6-9-24/h10,13,20H,4-9,11H2,1-3H3. The number of amides is 1. The number of hydrogen-bond acceptors (Lipinski definition) is 6. The van der Waals surface area contributed by atoms with Crippen molar-refractivity contribution in [3.05, 3.63) is 38.2 Å². The van der Waals surface area contributed by atoms with Crippen molar-refractivity contribution < 1.29 is 4.79 Å². The van der Waals surface area contributed by atoms with Gasteiger partial charge in [-0.3, -0.25) is 23.6 Å². The third-order valence-electron chi connectivity index (χ3n) is 5.95. The molecular weight excluding hydrogens is 360 g/mol. The molecule has 0 radical (unpaired) electrons. The van der Waals surface area contributed by atoms with Crippen LogP contribution in [-0.4, -0.2) is 75.1 Å². The van der Waals surface area contributed by atoms with Crippen LogP contribution in [0.4, 0.5) is 0 Å². The number of hydrogen-bond donors (Lipinski definition) is 1. The highest BCUT2D eigenvalue weighted by atomic mass is 16.2. The zero-order valence-corrected chi connectivity index (χ0v) is 16.6. The lowest BCUT2D eigenvalue weighted by Gasteiger charge is -2.32. The Kier molecular flexibility index (Phi) is 4.80. The molecule has 2 aliphatic rings. The molecule has 0 spiro atoms. The minimum absolute atomic E-state index is 0.143. The highest BCUT2D eigenvalue weighted by molar-refractivity contribution is 5.95. The maximum absolute atomic E-state index is 13.1. The third-order valence-corrected chi connectivity index (χ3v) is 5.95. The van der Waals surface area contributed by atoms with E-state index in [1.54, 1.807) is 20.0 Å². The maximum Gasteiger partial charge on any atom is 0.332 e. The molecule has 28 heavy (non-hydrogen) atoms. The molecule has 4 rings (SSSR count). The van der Waals surface area contributed by atoms with E-state index < -0.39 is 5.69 Å². The Bertz CT molecular complexity index is 1050. The summed E-state index contributed by atoms with van der Waals surface area (Å²) in [6.45, 7) is 7.14. The van der Waals surface area contributed by atoms with Crippen molar-refractivity contribution >= 4 is 16.9 Å². The lowest BCUT2D eigenvalue weighted by molar-refractivity contribution is 0.0768. The van der Waals surface area contributed by atoms with Gasteiger partial charge < -0.3 is 10.2 Å². The van der Waals surface area contributed by atoms with Crippen molar-refractivity contribution in [1.29, 1.82) is 0 Å². The molecule has 4 heterocycles. The molecule has 2 fully saturated rings. The molecule has 9 nitrogen and oxygen atoms in total. The lowest BCUT2D eigenvalue weighted by Crippen LogP contribution is -2.49. The van der Waals surface area contributed by atoms with Gasteiger partial charge in [-0.25, -0.2) is 9.78 Å². The number of aryl methyl sites for hydroxylation is 2. The van der Waals surface area contributed by atoms with E-state index in [1.165, 1.54) is 11.6 Å². The van der Waals surface area contributed by atoms with Crippen molar-refractivity contribution in [3.63, 3.8) is 0 Å². The van der Waals surface area contributed by atoms with E-state index in [9.17, 15) is 14.4 Å². The Balaban J connectivity index is 1.65. The third kappa shape index (κ3) is 3.04. The first kappa shape index (κ1) is 18.8. The zero-order valence-electron chi connectivity index (χ0n) is 16.6. The number of aromatic nitrogens is 3. The molecule has 1 unspecified atom stereocenters. The van der Waals surface area contributed by atoms with Crippen molar-refractivity contribution in [2.24, 2.45) is 14.1 Å². The van der Waals surface area contributed by atoms with Crippen LogP contribution in [0.5, 0.6) is 0 Å². The van der Waals surface area contributed by atoms with Crippen LogP contribution in [-0.2, 0) is 14.1 Å². The molecule has 0 aliphatic carbocycles. The Labute approximate surface area is 162 Å². The monoisotopic (exact) mass is 386 g/mol. The summed E-state index contributed by atoms with van der Waals surface area (Å²) in [4.78, 5) is 46.5. The van der Waals surface area contributed by atoms with E-state index >= 15 is 0 Å². The fraction of sp³-hybridized carbons (Fsp3) is 0.579. The van der Waals surface area contributed by atoms with E-state index in [2.05, 4.69) is 15.2 Å². The van der Waals surface area contributed by atoms with E-state index in [-0.39, 0.29) is 22.8 Å². The molecule has 2 aromatic heterocycles. The topological polar surface area (TPSA) is 92.5 Å². The van der Waals surface area contributed by atoms with Crippen LogP contribution >= 0.6 is 0 Å². The number of rotatable bonds is 2. The van der Waals surface area contributed by atoms with Gasteiger partial charge in [0.05, 0.1) is 5.39 Å². The summed E-state index contributed by atoms with van der Waals surface area (Å²) < 4.78 is 2.39. The molecule has 2 aromatic rings. The number of likely N-dealkylation sites (tertiary alicyclic amines) is 1. The Morgan fingerprint density at radius 3 is 2.57 bits per heavy atom. The SMILES string of the molecule is Cc1cc(C(=O)N2CCC(N3CCNCC3)C2)nc2c1c(=O)n(C)c(=O)n2C.